The van der Waals surface area contributed by atoms with Gasteiger partial charge in [-0.3, -0.25) is 4.79 Å². The summed E-state index contributed by atoms with van der Waals surface area (Å²) in [5.74, 6) is -0.397. The Morgan fingerprint density at radius 3 is 3.09 bits per heavy atom. The van der Waals surface area contributed by atoms with Crippen LogP contribution in [0.5, 0.6) is 0 Å². The highest BCUT2D eigenvalue weighted by atomic mass is 16.3. The van der Waals surface area contributed by atoms with E-state index in [9.17, 15) is 9.90 Å². The largest absolute Gasteiger partial charge is 0.507 e. The number of carbonyl (C=O) groups excluding carboxylic acids is 1. The van der Waals surface area contributed by atoms with E-state index in [1.807, 2.05) is 0 Å². The van der Waals surface area contributed by atoms with Crippen LogP contribution in [0.4, 0.5) is 0 Å². The summed E-state index contributed by atoms with van der Waals surface area (Å²) >= 11 is 0. The third-order valence-corrected chi connectivity index (χ3v) is 1.56. The summed E-state index contributed by atoms with van der Waals surface area (Å²) in [4.78, 5) is 14.4. The first-order valence-corrected chi connectivity index (χ1v) is 3.20. The Morgan fingerprint density at radius 1 is 1.45 bits per heavy atom. The van der Waals surface area contributed by atoms with E-state index >= 15 is 0 Å². The van der Waals surface area contributed by atoms with Crippen molar-refractivity contribution in [2.24, 2.45) is 4.99 Å². The summed E-state index contributed by atoms with van der Waals surface area (Å²) in [5.41, 5.74) is 1.18. The second-order valence-electron chi connectivity index (χ2n) is 2.30. The Kier molecular flexibility index (Phi) is 1.06. The molecule has 0 atom stereocenters. The molecule has 0 bridgehead atoms. The zero-order valence-electron chi connectivity index (χ0n) is 5.61. The molecule has 3 heteroatoms. The Hall–Kier alpha value is -1.64. The maximum atomic E-state index is 10.7. The van der Waals surface area contributed by atoms with Gasteiger partial charge < -0.3 is 5.11 Å². The number of hydrogen-bond acceptors (Lipinski definition) is 2. The topological polar surface area (TPSA) is 49.7 Å². The smallest absolute Gasteiger partial charge is 0.274 e. The quantitative estimate of drug-likeness (QED) is 0.553. The van der Waals surface area contributed by atoms with Gasteiger partial charge in [-0.2, -0.15) is 0 Å². The van der Waals surface area contributed by atoms with Crippen molar-refractivity contribution in [3.05, 3.63) is 35.6 Å². The first-order chi connectivity index (χ1) is 5.27. The van der Waals surface area contributed by atoms with Crippen LogP contribution in [0, 0.1) is 0 Å². The molecule has 1 amide bonds. The minimum atomic E-state index is -0.402. The predicted molar refractivity (Wildman–Crippen MR) is 40.4 cm³/mol. The second-order valence-corrected chi connectivity index (χ2v) is 2.30. The van der Waals surface area contributed by atoms with Crippen LogP contribution in [0.2, 0.25) is 0 Å². The van der Waals surface area contributed by atoms with E-state index in [0.717, 1.165) is 6.08 Å². The number of dihydropyridines is 1. The normalized spacial score (nSPS) is 20.7. The Bertz CT molecular complexity index is 345. The summed E-state index contributed by atoms with van der Waals surface area (Å²) < 4.78 is 0. The molecule has 0 saturated carbocycles. The minimum Gasteiger partial charge on any atom is -0.507 e. The molecule has 54 valence electrons. The highest BCUT2D eigenvalue weighted by Gasteiger charge is 2.18. The van der Waals surface area contributed by atoms with Gasteiger partial charge >= 0.3 is 0 Å². The molecule has 11 heavy (non-hydrogen) atoms. The Labute approximate surface area is 63.1 Å². The van der Waals surface area contributed by atoms with Crippen molar-refractivity contribution in [1.82, 2.24) is 0 Å². The summed E-state index contributed by atoms with van der Waals surface area (Å²) in [6, 6.07) is 0. The maximum Gasteiger partial charge on any atom is 0.274 e. The molecule has 3 nitrogen and oxygen atoms in total. The second kappa shape index (κ2) is 1.92. The van der Waals surface area contributed by atoms with Crippen LogP contribution < -0.4 is 0 Å². The number of hydrogen-bond donors (Lipinski definition) is 1. The first-order valence-electron chi connectivity index (χ1n) is 3.20. The van der Waals surface area contributed by atoms with Gasteiger partial charge in [-0.25, -0.2) is 4.99 Å². The van der Waals surface area contributed by atoms with Gasteiger partial charge in [0.25, 0.3) is 5.91 Å². The molecule has 1 N–H and O–H groups in total. The average Bonchev–Trinajstić information content (AvgIpc) is 2.34. The summed E-state index contributed by atoms with van der Waals surface area (Å²) in [6.45, 7) is 0. The minimum absolute atomic E-state index is 0.00463. The van der Waals surface area contributed by atoms with E-state index < -0.39 is 5.91 Å². The van der Waals surface area contributed by atoms with Crippen molar-refractivity contribution in [2.75, 3.05) is 0 Å². The van der Waals surface area contributed by atoms with Gasteiger partial charge in [0.15, 0.2) is 0 Å². The summed E-state index contributed by atoms with van der Waals surface area (Å²) in [7, 11) is 0. The van der Waals surface area contributed by atoms with Crippen molar-refractivity contribution < 1.29 is 9.90 Å². The summed E-state index contributed by atoms with van der Waals surface area (Å²) in [6.07, 6.45) is 6.27. The van der Waals surface area contributed by atoms with Gasteiger partial charge in [-0.1, -0.05) is 6.08 Å². The van der Waals surface area contributed by atoms with Crippen molar-refractivity contribution in [3.63, 3.8) is 0 Å². The van der Waals surface area contributed by atoms with Gasteiger partial charge in [0.05, 0.1) is 5.71 Å². The number of amides is 1. The molecule has 0 fully saturated rings. The fraction of sp³-hybridized carbons (Fsp3) is 0. The molecule has 0 aromatic carbocycles. The molecule has 0 radical (unpaired) electrons. The molecule has 1 aliphatic carbocycles. The van der Waals surface area contributed by atoms with E-state index in [1.54, 1.807) is 18.2 Å². The van der Waals surface area contributed by atoms with Gasteiger partial charge in [-0.15, -0.1) is 0 Å². The van der Waals surface area contributed by atoms with E-state index in [4.69, 9.17) is 0 Å². The van der Waals surface area contributed by atoms with Crippen LogP contribution in [-0.2, 0) is 4.79 Å². The zero-order valence-corrected chi connectivity index (χ0v) is 5.61. The van der Waals surface area contributed by atoms with Crippen molar-refractivity contribution in [3.8, 4) is 0 Å². The van der Waals surface area contributed by atoms with Crippen LogP contribution in [0.25, 0.3) is 0 Å². The van der Waals surface area contributed by atoms with Crippen LogP contribution in [0.1, 0.15) is 0 Å². The predicted octanol–water partition coefficient (Wildman–Crippen LogP) is 0.906. The molecule has 0 unspecified atom stereocenters. The first kappa shape index (κ1) is 6.09. The maximum absolute atomic E-state index is 10.7. The van der Waals surface area contributed by atoms with E-state index in [-0.39, 0.29) is 5.76 Å². The molecule has 2 rings (SSSR count). The molecular formula is C8H5NO2. The molecule has 1 heterocycles. The third kappa shape index (κ3) is 0.816. The lowest BCUT2D eigenvalue weighted by molar-refractivity contribution is -0.113. The molecule has 0 aromatic heterocycles. The lowest BCUT2D eigenvalue weighted by Crippen LogP contribution is -2.09. The molecule has 0 saturated heterocycles. The number of nitrogens with zero attached hydrogens (tertiary/aromatic N) is 1. The SMILES string of the molecule is O=C1C=C(O)C2=CC=CC2=N1. The molecular weight excluding hydrogens is 142 g/mol. The average molecular weight is 147 g/mol. The van der Waals surface area contributed by atoms with E-state index in [0.29, 0.717) is 11.3 Å². The fourth-order valence-corrected chi connectivity index (χ4v) is 1.07. The summed E-state index contributed by atoms with van der Waals surface area (Å²) in [5, 5.41) is 9.20. The lowest BCUT2D eigenvalue weighted by Gasteiger charge is -2.05. The molecule has 2 aliphatic rings. The van der Waals surface area contributed by atoms with Gasteiger partial charge in [0, 0.05) is 11.6 Å². The number of aliphatic hydroxyl groups excluding tert-OH is 1. The van der Waals surface area contributed by atoms with Crippen molar-refractivity contribution in [2.45, 2.75) is 0 Å². The molecule has 1 aliphatic heterocycles. The zero-order chi connectivity index (χ0) is 7.84. The van der Waals surface area contributed by atoms with E-state index in [2.05, 4.69) is 4.99 Å². The van der Waals surface area contributed by atoms with Gasteiger partial charge in [0.1, 0.15) is 5.76 Å². The Morgan fingerprint density at radius 2 is 2.27 bits per heavy atom. The highest BCUT2D eigenvalue weighted by molar-refractivity contribution is 6.21. The van der Waals surface area contributed by atoms with Crippen molar-refractivity contribution >= 4 is 11.6 Å². The van der Waals surface area contributed by atoms with Crippen LogP contribution in [0.15, 0.2) is 40.6 Å². The molecule has 0 aromatic rings. The van der Waals surface area contributed by atoms with Crippen molar-refractivity contribution in [1.29, 1.82) is 0 Å². The van der Waals surface area contributed by atoms with Crippen LogP contribution >= 0.6 is 0 Å². The number of rotatable bonds is 0. The van der Waals surface area contributed by atoms with Crippen LogP contribution in [0.3, 0.4) is 0 Å². The van der Waals surface area contributed by atoms with E-state index in [1.165, 1.54) is 0 Å². The monoisotopic (exact) mass is 147 g/mol. The van der Waals surface area contributed by atoms with Gasteiger partial charge in [-0.05, 0) is 12.2 Å². The highest BCUT2D eigenvalue weighted by Crippen LogP contribution is 2.19. The van der Waals surface area contributed by atoms with Gasteiger partial charge in [0.2, 0.25) is 0 Å². The molecule has 0 spiro atoms. The number of aliphatic hydroxyl groups is 1. The van der Waals surface area contributed by atoms with Crippen LogP contribution in [-0.4, -0.2) is 16.7 Å². The fourth-order valence-electron chi connectivity index (χ4n) is 1.07. The lowest BCUT2D eigenvalue weighted by atomic mass is 10.1. The Balaban J connectivity index is 2.54. The number of aliphatic imine (C=N–C) groups is 1. The standard InChI is InChI=1S/C8H5NO2/c10-7-4-8(11)9-6-3-1-2-5(6)7/h1-4,10H. The third-order valence-electron chi connectivity index (χ3n) is 1.56. The number of carbonyl (C=O) groups is 1. The number of allylic oxidation sites excluding steroid dienone is 4. The number of fused-ring (bicyclic) bond motifs is 1.